The highest BCUT2D eigenvalue weighted by Crippen LogP contribution is 2.22. The van der Waals surface area contributed by atoms with Crippen molar-refractivity contribution in [2.75, 3.05) is 0 Å². The van der Waals surface area contributed by atoms with Crippen molar-refractivity contribution in [1.29, 1.82) is 0 Å². The van der Waals surface area contributed by atoms with Gasteiger partial charge in [-0.25, -0.2) is 16.8 Å². The first-order valence-electron chi connectivity index (χ1n) is 6.11. The molecule has 5 heteroatoms. The van der Waals surface area contributed by atoms with Crippen LogP contribution < -0.4 is 0 Å². The Hall–Kier alpha value is -2.14. The Kier molecular flexibility index (Phi) is 3.06. The van der Waals surface area contributed by atoms with Gasteiger partial charge in [0.15, 0.2) is 0 Å². The van der Waals surface area contributed by atoms with Crippen molar-refractivity contribution in [2.24, 2.45) is 0 Å². The standard InChI is InChI=1S/C15H12FNO2S/c16-14-7-4-8-15-13(14)9-10-17(15)20(18,19)11-12-5-2-1-3-6-12/h1-10H,11H2. The van der Waals surface area contributed by atoms with Crippen LogP contribution in [0.1, 0.15) is 5.56 Å². The Morgan fingerprint density at radius 1 is 0.950 bits per heavy atom. The minimum Gasteiger partial charge on any atom is -0.245 e. The van der Waals surface area contributed by atoms with E-state index in [2.05, 4.69) is 0 Å². The zero-order chi connectivity index (χ0) is 14.2. The number of hydrogen-bond acceptors (Lipinski definition) is 2. The van der Waals surface area contributed by atoms with Gasteiger partial charge in [0.2, 0.25) is 10.0 Å². The molecule has 3 rings (SSSR count). The lowest BCUT2D eigenvalue weighted by molar-refractivity contribution is 0.588. The fourth-order valence-electron chi connectivity index (χ4n) is 2.20. The summed E-state index contributed by atoms with van der Waals surface area (Å²) in [5.41, 5.74) is 1.06. The predicted octanol–water partition coefficient (Wildman–Crippen LogP) is 3.16. The van der Waals surface area contributed by atoms with E-state index in [0.29, 0.717) is 16.5 Å². The van der Waals surface area contributed by atoms with Gasteiger partial charge in [0.25, 0.3) is 0 Å². The lowest BCUT2D eigenvalue weighted by atomic mass is 10.2. The summed E-state index contributed by atoms with van der Waals surface area (Å²) in [5.74, 6) is -0.537. The van der Waals surface area contributed by atoms with Crippen LogP contribution in [0.4, 0.5) is 4.39 Å². The Balaban J connectivity index is 2.08. The molecule has 0 aliphatic heterocycles. The molecule has 2 aromatic carbocycles. The number of rotatable bonds is 3. The summed E-state index contributed by atoms with van der Waals surface area (Å²) in [4.78, 5) is 0. The van der Waals surface area contributed by atoms with Crippen molar-refractivity contribution in [3.63, 3.8) is 0 Å². The van der Waals surface area contributed by atoms with E-state index in [1.54, 1.807) is 30.3 Å². The number of hydrogen-bond donors (Lipinski definition) is 0. The van der Waals surface area contributed by atoms with Crippen molar-refractivity contribution in [1.82, 2.24) is 3.97 Å². The number of aromatic nitrogens is 1. The average Bonchev–Trinajstić information content (AvgIpc) is 2.85. The molecular formula is C15H12FNO2S. The van der Waals surface area contributed by atoms with E-state index in [0.717, 1.165) is 3.97 Å². The van der Waals surface area contributed by atoms with Crippen molar-refractivity contribution in [3.05, 3.63) is 72.2 Å². The molecule has 0 fully saturated rings. The molecule has 1 heterocycles. The van der Waals surface area contributed by atoms with Crippen LogP contribution >= 0.6 is 0 Å². The van der Waals surface area contributed by atoms with E-state index in [-0.39, 0.29) is 5.75 Å². The molecule has 0 unspecified atom stereocenters. The van der Waals surface area contributed by atoms with Crippen molar-refractivity contribution in [3.8, 4) is 0 Å². The van der Waals surface area contributed by atoms with Crippen LogP contribution in [0, 0.1) is 5.82 Å². The second kappa shape index (κ2) is 4.76. The van der Waals surface area contributed by atoms with Gasteiger partial charge in [0.1, 0.15) is 5.82 Å². The molecule has 0 spiro atoms. The van der Waals surface area contributed by atoms with Crippen molar-refractivity contribution < 1.29 is 12.8 Å². The first-order valence-corrected chi connectivity index (χ1v) is 7.71. The van der Waals surface area contributed by atoms with Crippen molar-refractivity contribution in [2.45, 2.75) is 5.75 Å². The van der Waals surface area contributed by atoms with Gasteiger partial charge in [-0.2, -0.15) is 0 Å². The number of fused-ring (bicyclic) bond motifs is 1. The zero-order valence-electron chi connectivity index (χ0n) is 10.5. The molecule has 0 amide bonds. The van der Waals surface area contributed by atoms with E-state index < -0.39 is 15.8 Å². The monoisotopic (exact) mass is 289 g/mol. The van der Waals surface area contributed by atoms with Gasteiger partial charge in [-0.15, -0.1) is 0 Å². The molecule has 0 radical (unpaired) electrons. The lowest BCUT2D eigenvalue weighted by Gasteiger charge is -2.07. The predicted molar refractivity (Wildman–Crippen MR) is 76.4 cm³/mol. The van der Waals surface area contributed by atoms with Crippen molar-refractivity contribution >= 4 is 20.9 Å². The molecule has 0 N–H and O–H groups in total. The van der Waals surface area contributed by atoms with Gasteiger partial charge < -0.3 is 0 Å². The Bertz CT molecular complexity index is 854. The topological polar surface area (TPSA) is 39.1 Å². The zero-order valence-corrected chi connectivity index (χ0v) is 11.3. The third-order valence-electron chi connectivity index (χ3n) is 3.14. The van der Waals surface area contributed by atoms with Crippen LogP contribution in [0.3, 0.4) is 0 Å². The number of benzene rings is 2. The van der Waals surface area contributed by atoms with Gasteiger partial charge >= 0.3 is 0 Å². The summed E-state index contributed by atoms with van der Waals surface area (Å²) in [6.45, 7) is 0. The summed E-state index contributed by atoms with van der Waals surface area (Å²) in [6, 6.07) is 14.8. The fraction of sp³-hybridized carbons (Fsp3) is 0.0667. The van der Waals surface area contributed by atoms with E-state index in [4.69, 9.17) is 0 Å². The molecule has 0 saturated carbocycles. The Labute approximate surface area is 116 Å². The Morgan fingerprint density at radius 3 is 2.45 bits per heavy atom. The number of halogens is 1. The molecule has 3 nitrogen and oxygen atoms in total. The van der Waals surface area contributed by atoms with Crippen LogP contribution in [-0.4, -0.2) is 12.4 Å². The summed E-state index contributed by atoms with van der Waals surface area (Å²) in [6.07, 6.45) is 1.39. The molecule has 1 aromatic heterocycles. The maximum absolute atomic E-state index is 13.6. The van der Waals surface area contributed by atoms with E-state index in [1.165, 1.54) is 24.4 Å². The van der Waals surface area contributed by atoms with Gasteiger partial charge in [-0.1, -0.05) is 36.4 Å². The highest BCUT2D eigenvalue weighted by atomic mass is 32.2. The van der Waals surface area contributed by atoms with Crippen LogP contribution in [0.25, 0.3) is 10.9 Å². The van der Waals surface area contributed by atoms with Gasteiger partial charge in [0, 0.05) is 11.6 Å². The summed E-state index contributed by atoms with van der Waals surface area (Å²) in [7, 11) is -3.56. The van der Waals surface area contributed by atoms with E-state index in [9.17, 15) is 12.8 Å². The third-order valence-corrected chi connectivity index (χ3v) is 4.75. The molecule has 102 valence electrons. The van der Waals surface area contributed by atoms with Crippen LogP contribution in [-0.2, 0) is 15.8 Å². The SMILES string of the molecule is O=S(=O)(Cc1ccccc1)n1ccc2c(F)cccc21. The van der Waals surface area contributed by atoms with Gasteiger partial charge in [-0.05, 0) is 23.8 Å². The quantitative estimate of drug-likeness (QED) is 0.743. The van der Waals surface area contributed by atoms with Crippen LogP contribution in [0.5, 0.6) is 0 Å². The molecular weight excluding hydrogens is 277 g/mol. The molecule has 3 aromatic rings. The second-order valence-electron chi connectivity index (χ2n) is 4.53. The van der Waals surface area contributed by atoms with E-state index in [1.807, 2.05) is 6.07 Å². The molecule has 0 saturated heterocycles. The maximum Gasteiger partial charge on any atom is 0.243 e. The fourth-order valence-corrected chi connectivity index (χ4v) is 3.66. The second-order valence-corrected chi connectivity index (χ2v) is 6.37. The maximum atomic E-state index is 13.6. The summed E-state index contributed by atoms with van der Waals surface area (Å²) < 4.78 is 39.6. The normalized spacial score (nSPS) is 11.8. The van der Waals surface area contributed by atoms with Gasteiger partial charge in [0.05, 0.1) is 11.3 Å². The largest absolute Gasteiger partial charge is 0.245 e. The summed E-state index contributed by atoms with van der Waals surface area (Å²) in [5, 5.41) is 0.309. The van der Waals surface area contributed by atoms with Crippen LogP contribution in [0.2, 0.25) is 0 Å². The first-order chi connectivity index (χ1) is 9.58. The molecule has 0 aliphatic rings. The Morgan fingerprint density at radius 2 is 1.70 bits per heavy atom. The molecule has 0 bridgehead atoms. The minimum atomic E-state index is -3.56. The highest BCUT2D eigenvalue weighted by molar-refractivity contribution is 7.89. The number of nitrogens with zero attached hydrogens (tertiary/aromatic N) is 1. The highest BCUT2D eigenvalue weighted by Gasteiger charge is 2.17. The average molecular weight is 289 g/mol. The van der Waals surface area contributed by atoms with E-state index >= 15 is 0 Å². The molecule has 20 heavy (non-hydrogen) atoms. The van der Waals surface area contributed by atoms with Crippen LogP contribution in [0.15, 0.2) is 60.8 Å². The smallest absolute Gasteiger partial charge is 0.243 e. The van der Waals surface area contributed by atoms with Gasteiger partial charge in [-0.3, -0.25) is 0 Å². The molecule has 0 aliphatic carbocycles. The third kappa shape index (κ3) is 2.20. The minimum absolute atomic E-state index is 0.117. The first kappa shape index (κ1) is 12.9. The molecule has 0 atom stereocenters. The lowest BCUT2D eigenvalue weighted by Crippen LogP contribution is -2.13. The summed E-state index contributed by atoms with van der Waals surface area (Å²) >= 11 is 0.